The molecular weight excluding hydrogens is 354 g/mol. The molecule has 0 aromatic heterocycles. The van der Waals surface area contributed by atoms with Crippen molar-refractivity contribution in [3.05, 3.63) is 35.1 Å². The van der Waals surface area contributed by atoms with E-state index in [1.54, 1.807) is 4.90 Å². The third-order valence-electron chi connectivity index (χ3n) is 5.12. The summed E-state index contributed by atoms with van der Waals surface area (Å²) in [6, 6.07) is 2.55. The van der Waals surface area contributed by atoms with Gasteiger partial charge in [0.25, 0.3) is 0 Å². The number of carbonyl (C=O) groups excluding carboxylic acids is 2. The molecular formula is C17H19F4N3O2. The van der Waals surface area contributed by atoms with Crippen LogP contribution >= 0.6 is 0 Å². The molecule has 3 amide bonds. The monoisotopic (exact) mass is 373 g/mol. The van der Waals surface area contributed by atoms with E-state index in [2.05, 4.69) is 10.6 Å². The topological polar surface area (TPSA) is 61.4 Å². The first-order valence-corrected chi connectivity index (χ1v) is 8.34. The molecule has 0 unspecified atom stereocenters. The molecule has 2 fully saturated rings. The van der Waals surface area contributed by atoms with Crippen molar-refractivity contribution in [1.29, 1.82) is 0 Å². The van der Waals surface area contributed by atoms with Gasteiger partial charge in [-0.05, 0) is 24.3 Å². The lowest BCUT2D eigenvalue weighted by Gasteiger charge is -2.38. The van der Waals surface area contributed by atoms with Crippen LogP contribution in [0.25, 0.3) is 0 Å². The van der Waals surface area contributed by atoms with Gasteiger partial charge in [0.1, 0.15) is 5.82 Å². The first kappa shape index (κ1) is 18.5. The number of rotatable bonds is 2. The summed E-state index contributed by atoms with van der Waals surface area (Å²) in [7, 11) is 0. The van der Waals surface area contributed by atoms with Crippen molar-refractivity contribution in [3.63, 3.8) is 0 Å². The van der Waals surface area contributed by atoms with E-state index in [1.165, 1.54) is 6.07 Å². The Bertz CT molecular complexity index is 712. The minimum Gasteiger partial charge on any atom is -0.356 e. The molecule has 2 N–H and O–H groups in total. The largest absolute Gasteiger partial charge is 0.419 e. The van der Waals surface area contributed by atoms with Crippen LogP contribution < -0.4 is 10.6 Å². The van der Waals surface area contributed by atoms with Crippen LogP contribution in [0.5, 0.6) is 0 Å². The number of hydrogen-bond donors (Lipinski definition) is 2. The van der Waals surface area contributed by atoms with Gasteiger partial charge in [-0.3, -0.25) is 4.79 Å². The van der Waals surface area contributed by atoms with Crippen LogP contribution in [0.2, 0.25) is 0 Å². The van der Waals surface area contributed by atoms with Gasteiger partial charge in [-0.2, -0.15) is 13.2 Å². The highest BCUT2D eigenvalue weighted by molar-refractivity contribution is 5.79. The number of urea groups is 1. The zero-order chi connectivity index (χ0) is 18.9. The first-order valence-electron chi connectivity index (χ1n) is 8.34. The molecule has 2 saturated heterocycles. The van der Waals surface area contributed by atoms with Crippen molar-refractivity contribution in [1.82, 2.24) is 15.5 Å². The Labute approximate surface area is 147 Å². The number of hydrogen-bond acceptors (Lipinski definition) is 2. The maximum Gasteiger partial charge on any atom is 0.419 e. The molecule has 26 heavy (non-hydrogen) atoms. The van der Waals surface area contributed by atoms with E-state index >= 15 is 0 Å². The van der Waals surface area contributed by atoms with Crippen molar-refractivity contribution in [2.45, 2.75) is 32.0 Å². The Kier molecular flexibility index (Phi) is 4.81. The molecule has 3 rings (SSSR count). The molecule has 2 aliphatic rings. The number of likely N-dealkylation sites (tertiary alicyclic amines) is 1. The smallest absolute Gasteiger partial charge is 0.356 e. The summed E-state index contributed by atoms with van der Waals surface area (Å²) in [5, 5.41) is 5.28. The van der Waals surface area contributed by atoms with Gasteiger partial charge in [0.15, 0.2) is 0 Å². The number of nitrogens with zero attached hydrogens (tertiary/aromatic N) is 1. The molecule has 0 bridgehead atoms. The molecule has 1 aromatic carbocycles. The van der Waals surface area contributed by atoms with E-state index in [1.807, 2.05) is 0 Å². The summed E-state index contributed by atoms with van der Waals surface area (Å²) >= 11 is 0. The second-order valence-electron chi connectivity index (χ2n) is 6.88. The lowest BCUT2D eigenvalue weighted by Crippen LogP contribution is -2.47. The summed E-state index contributed by atoms with van der Waals surface area (Å²) in [6.07, 6.45) is -2.97. The molecule has 9 heteroatoms. The quantitative estimate of drug-likeness (QED) is 0.783. The van der Waals surface area contributed by atoms with Crippen LogP contribution in [0.3, 0.4) is 0 Å². The van der Waals surface area contributed by atoms with Crippen molar-refractivity contribution >= 4 is 11.9 Å². The minimum atomic E-state index is -4.78. The number of alkyl halides is 3. The average Bonchev–Trinajstić information content (AvgIpc) is 2.93. The van der Waals surface area contributed by atoms with E-state index in [0.717, 1.165) is 6.07 Å². The van der Waals surface area contributed by atoms with Gasteiger partial charge in [0.05, 0.1) is 5.56 Å². The SMILES string of the molecule is O=C1CC2(CCN(C(=O)NCc3cccc(C(F)(F)F)c3F)CC2)CN1. The van der Waals surface area contributed by atoms with Crippen LogP contribution in [0, 0.1) is 11.2 Å². The number of benzene rings is 1. The number of halogens is 4. The van der Waals surface area contributed by atoms with Crippen molar-refractivity contribution < 1.29 is 27.2 Å². The Morgan fingerprint density at radius 1 is 1.27 bits per heavy atom. The molecule has 0 atom stereocenters. The Balaban J connectivity index is 1.56. The number of nitrogens with one attached hydrogen (secondary N) is 2. The van der Waals surface area contributed by atoms with Gasteiger partial charge < -0.3 is 15.5 Å². The fourth-order valence-electron chi connectivity index (χ4n) is 3.51. The van der Waals surface area contributed by atoms with E-state index in [0.29, 0.717) is 45.0 Å². The molecule has 0 aliphatic carbocycles. The number of amides is 3. The highest BCUT2D eigenvalue weighted by Crippen LogP contribution is 2.37. The lowest BCUT2D eigenvalue weighted by atomic mass is 9.78. The van der Waals surface area contributed by atoms with E-state index in [9.17, 15) is 27.2 Å². The van der Waals surface area contributed by atoms with Crippen LogP contribution in [-0.4, -0.2) is 36.5 Å². The molecule has 0 radical (unpaired) electrons. The van der Waals surface area contributed by atoms with Gasteiger partial charge in [-0.1, -0.05) is 12.1 Å². The van der Waals surface area contributed by atoms with Gasteiger partial charge in [-0.25, -0.2) is 9.18 Å². The lowest BCUT2D eigenvalue weighted by molar-refractivity contribution is -0.140. The predicted molar refractivity (Wildman–Crippen MR) is 84.5 cm³/mol. The molecule has 0 saturated carbocycles. The van der Waals surface area contributed by atoms with E-state index < -0.39 is 23.6 Å². The van der Waals surface area contributed by atoms with Gasteiger partial charge >= 0.3 is 12.2 Å². The predicted octanol–water partition coefficient (Wildman–Crippen LogP) is 2.66. The first-order chi connectivity index (χ1) is 12.2. The fourth-order valence-corrected chi connectivity index (χ4v) is 3.51. The molecule has 5 nitrogen and oxygen atoms in total. The summed E-state index contributed by atoms with van der Waals surface area (Å²) in [6.45, 7) is 1.19. The van der Waals surface area contributed by atoms with Crippen molar-refractivity contribution in [2.75, 3.05) is 19.6 Å². The third kappa shape index (κ3) is 3.76. The van der Waals surface area contributed by atoms with Crippen LogP contribution in [0.15, 0.2) is 18.2 Å². The van der Waals surface area contributed by atoms with Gasteiger partial charge in [-0.15, -0.1) is 0 Å². The van der Waals surface area contributed by atoms with Crippen molar-refractivity contribution in [3.8, 4) is 0 Å². The highest BCUT2D eigenvalue weighted by atomic mass is 19.4. The van der Waals surface area contributed by atoms with Crippen LogP contribution in [-0.2, 0) is 17.5 Å². The van der Waals surface area contributed by atoms with Crippen LogP contribution in [0.4, 0.5) is 22.4 Å². The molecule has 1 spiro atoms. The van der Waals surface area contributed by atoms with Crippen molar-refractivity contribution in [2.24, 2.45) is 5.41 Å². The molecule has 1 aromatic rings. The highest BCUT2D eigenvalue weighted by Gasteiger charge is 2.41. The zero-order valence-electron chi connectivity index (χ0n) is 14.0. The molecule has 2 aliphatic heterocycles. The maximum atomic E-state index is 14.0. The van der Waals surface area contributed by atoms with E-state index in [-0.39, 0.29) is 23.4 Å². The second-order valence-corrected chi connectivity index (χ2v) is 6.88. The minimum absolute atomic E-state index is 0.0166. The fraction of sp³-hybridized carbons (Fsp3) is 0.529. The Morgan fingerprint density at radius 2 is 1.96 bits per heavy atom. The van der Waals surface area contributed by atoms with Gasteiger partial charge in [0.2, 0.25) is 5.91 Å². The Hall–Kier alpha value is -2.32. The number of piperidine rings is 1. The third-order valence-corrected chi connectivity index (χ3v) is 5.12. The summed E-state index contributed by atoms with van der Waals surface area (Å²) < 4.78 is 52.2. The standard InChI is InChI=1S/C17H19F4N3O2/c18-14-11(2-1-3-12(14)17(19,20)21)9-22-15(26)24-6-4-16(5-7-24)8-13(25)23-10-16/h1-3H,4-10H2,(H,22,26)(H,23,25). The summed E-state index contributed by atoms with van der Waals surface area (Å²) in [4.78, 5) is 25.2. The molecule has 2 heterocycles. The summed E-state index contributed by atoms with van der Waals surface area (Å²) in [5.74, 6) is -1.35. The Morgan fingerprint density at radius 3 is 2.54 bits per heavy atom. The average molecular weight is 373 g/mol. The zero-order valence-corrected chi connectivity index (χ0v) is 14.0. The normalized spacial score (nSPS) is 19.5. The van der Waals surface area contributed by atoms with E-state index in [4.69, 9.17) is 0 Å². The summed E-state index contributed by atoms with van der Waals surface area (Å²) in [5.41, 5.74) is -1.67. The molecule has 142 valence electrons. The van der Waals surface area contributed by atoms with Crippen LogP contribution in [0.1, 0.15) is 30.4 Å². The maximum absolute atomic E-state index is 14.0. The second kappa shape index (κ2) is 6.77. The van der Waals surface area contributed by atoms with Gasteiger partial charge in [0, 0.05) is 38.2 Å². The number of carbonyl (C=O) groups is 2.